The topological polar surface area (TPSA) is 49.8 Å². The molecule has 3 fully saturated rings. The summed E-state index contributed by atoms with van der Waals surface area (Å²) in [5.41, 5.74) is 1.32. The van der Waals surface area contributed by atoms with Gasteiger partial charge in [-0.1, -0.05) is 32.1 Å². The molecule has 5 rings (SSSR count). The van der Waals surface area contributed by atoms with Crippen molar-refractivity contribution in [1.82, 2.24) is 4.90 Å². The van der Waals surface area contributed by atoms with Crippen LogP contribution in [0.4, 0.5) is 0 Å². The Bertz CT molecular complexity index is 896. The number of hydrogen-bond acceptors (Lipinski definition) is 3. The fraction of sp³-hybridized carbons (Fsp3) is 0.667. The summed E-state index contributed by atoms with van der Waals surface area (Å²) in [6, 6.07) is 8.63. The summed E-state index contributed by atoms with van der Waals surface area (Å²) in [4.78, 5) is 14.3. The van der Waals surface area contributed by atoms with E-state index in [1.807, 2.05) is 24.1 Å². The number of nitrogens with zero attached hydrogens (tertiary/aromatic N) is 1. The summed E-state index contributed by atoms with van der Waals surface area (Å²) in [5.74, 6) is 3.14. The molecule has 1 aliphatic heterocycles. The lowest BCUT2D eigenvalue weighted by molar-refractivity contribution is -0.140. The molecule has 4 heteroatoms. The number of ether oxygens (including phenoxy) is 1. The highest BCUT2D eigenvalue weighted by molar-refractivity contribution is 5.89. The first kappa shape index (κ1) is 21.1. The second-order valence-electron chi connectivity index (χ2n) is 11.2. The number of hydrogen-bond donors (Lipinski definition) is 1. The number of benzene rings is 1. The molecule has 0 spiro atoms. The lowest BCUT2D eigenvalue weighted by Crippen LogP contribution is -2.59. The van der Waals surface area contributed by atoms with Gasteiger partial charge in [-0.15, -0.1) is 0 Å². The molecule has 4 nitrogen and oxygen atoms in total. The van der Waals surface area contributed by atoms with Crippen LogP contribution in [-0.4, -0.2) is 42.2 Å². The molecule has 3 unspecified atom stereocenters. The molecule has 1 aromatic carbocycles. The van der Waals surface area contributed by atoms with E-state index in [1.165, 1.54) is 12.0 Å². The highest BCUT2D eigenvalue weighted by Gasteiger charge is 2.62. The van der Waals surface area contributed by atoms with E-state index in [2.05, 4.69) is 38.1 Å². The molecule has 0 aromatic heterocycles. The fourth-order valence-electron chi connectivity index (χ4n) is 8.19. The monoisotopic (exact) mass is 423 g/mol. The van der Waals surface area contributed by atoms with E-state index >= 15 is 0 Å². The zero-order valence-corrected chi connectivity index (χ0v) is 19.4. The zero-order chi connectivity index (χ0) is 22.0. The molecular formula is C27H37NO3. The molecule has 4 aliphatic rings. The van der Waals surface area contributed by atoms with Gasteiger partial charge in [-0.2, -0.15) is 0 Å². The summed E-state index contributed by atoms with van der Waals surface area (Å²) in [6.45, 7) is 4.74. The number of amides is 1. The van der Waals surface area contributed by atoms with Gasteiger partial charge in [0, 0.05) is 18.5 Å². The van der Waals surface area contributed by atoms with Gasteiger partial charge in [-0.05, 0) is 91.4 Å². The molecule has 3 saturated carbocycles. The molecular weight excluding hydrogens is 386 g/mol. The Morgan fingerprint density at radius 2 is 2.00 bits per heavy atom. The van der Waals surface area contributed by atoms with Crippen LogP contribution in [0.1, 0.15) is 51.5 Å². The van der Waals surface area contributed by atoms with E-state index in [0.717, 1.165) is 37.9 Å². The first-order valence-electron chi connectivity index (χ1n) is 12.0. The Labute approximate surface area is 186 Å². The van der Waals surface area contributed by atoms with Crippen molar-refractivity contribution in [3.05, 3.63) is 42.0 Å². The second kappa shape index (κ2) is 7.37. The average molecular weight is 424 g/mol. The molecule has 1 aromatic rings. The maximum atomic E-state index is 12.3. The molecule has 8 atom stereocenters. The Kier molecular flexibility index (Phi) is 5.00. The van der Waals surface area contributed by atoms with Crippen molar-refractivity contribution in [2.24, 2.45) is 34.5 Å². The largest absolute Gasteiger partial charge is 0.497 e. The lowest BCUT2D eigenvalue weighted by Gasteiger charge is -2.60. The van der Waals surface area contributed by atoms with Gasteiger partial charge in [0.15, 0.2) is 0 Å². The number of fused-ring (bicyclic) bond motifs is 5. The van der Waals surface area contributed by atoms with Crippen LogP contribution in [0, 0.1) is 34.5 Å². The van der Waals surface area contributed by atoms with Crippen LogP contribution in [0.3, 0.4) is 0 Å². The zero-order valence-electron chi connectivity index (χ0n) is 19.4. The van der Waals surface area contributed by atoms with Gasteiger partial charge < -0.3 is 14.7 Å². The Morgan fingerprint density at radius 3 is 2.77 bits per heavy atom. The molecule has 1 heterocycles. The molecule has 168 valence electrons. The van der Waals surface area contributed by atoms with Crippen LogP contribution >= 0.6 is 0 Å². The number of methoxy groups -OCH3 is 1. The van der Waals surface area contributed by atoms with Crippen molar-refractivity contribution >= 4 is 5.91 Å². The number of aliphatic hydroxyl groups excluding tert-OH is 1. The van der Waals surface area contributed by atoms with Crippen molar-refractivity contribution in [2.75, 3.05) is 14.2 Å². The number of likely N-dealkylation sites (N-methyl/N-ethyl adjacent to an activating group) is 1. The molecule has 0 bridgehead atoms. The minimum Gasteiger partial charge on any atom is -0.497 e. The van der Waals surface area contributed by atoms with E-state index in [1.54, 1.807) is 7.11 Å². The summed E-state index contributed by atoms with van der Waals surface area (Å²) in [5, 5.41) is 11.5. The molecule has 1 amide bonds. The van der Waals surface area contributed by atoms with E-state index in [4.69, 9.17) is 4.74 Å². The highest BCUT2D eigenvalue weighted by Crippen LogP contribution is 2.65. The van der Waals surface area contributed by atoms with Gasteiger partial charge in [0.05, 0.1) is 13.2 Å². The van der Waals surface area contributed by atoms with Crippen molar-refractivity contribution in [3.63, 3.8) is 0 Å². The number of carbonyl (C=O) groups excluding carboxylic acids is 1. The number of carbonyl (C=O) groups is 1. The van der Waals surface area contributed by atoms with E-state index in [0.29, 0.717) is 29.7 Å². The Hall–Kier alpha value is -1.81. The van der Waals surface area contributed by atoms with Crippen molar-refractivity contribution in [2.45, 2.75) is 64.5 Å². The minimum atomic E-state index is -0.249. The van der Waals surface area contributed by atoms with Gasteiger partial charge in [-0.3, -0.25) is 4.79 Å². The Balaban J connectivity index is 1.40. The van der Waals surface area contributed by atoms with Gasteiger partial charge in [0.25, 0.3) is 0 Å². The van der Waals surface area contributed by atoms with E-state index in [9.17, 15) is 9.90 Å². The van der Waals surface area contributed by atoms with Gasteiger partial charge in [-0.25, -0.2) is 0 Å². The SMILES string of the molecule is COc1cccc(CC2C[C@H]3[C@@H]4CCC5N(C)C(=O)C=C[C@]5(C)[C@@H]4CC[C@]3(C)C2O)c1. The highest BCUT2D eigenvalue weighted by atomic mass is 16.5. The smallest absolute Gasteiger partial charge is 0.246 e. The summed E-state index contributed by atoms with van der Waals surface area (Å²) < 4.78 is 5.41. The third kappa shape index (κ3) is 3.08. The molecule has 31 heavy (non-hydrogen) atoms. The van der Waals surface area contributed by atoms with Crippen LogP contribution in [0.5, 0.6) is 5.75 Å². The predicted molar refractivity (Wildman–Crippen MR) is 122 cm³/mol. The van der Waals surface area contributed by atoms with Crippen molar-refractivity contribution in [3.8, 4) is 5.75 Å². The molecule has 1 N–H and O–H groups in total. The summed E-state index contributed by atoms with van der Waals surface area (Å²) in [6.07, 6.45) is 10.3. The molecule has 0 radical (unpaired) electrons. The van der Waals surface area contributed by atoms with Crippen LogP contribution in [0.2, 0.25) is 0 Å². The number of rotatable bonds is 3. The quantitative estimate of drug-likeness (QED) is 0.781. The standard InChI is InChI=1S/C27H37NO3/c1-26-13-11-24(29)28(3)23(26)9-8-20-21(26)10-12-27(2)22(20)16-18(25(27)30)14-17-6-5-7-19(15-17)31-4/h5-7,11,13,15,18,20-23,25,30H,8-10,12,14,16H2,1-4H3/t18?,20-,21-,22+,23?,25?,26-,27+/m1/s1. The normalized spacial score (nSPS) is 43.9. The first-order valence-corrected chi connectivity index (χ1v) is 12.0. The first-order chi connectivity index (χ1) is 14.8. The van der Waals surface area contributed by atoms with Crippen molar-refractivity contribution < 1.29 is 14.6 Å². The average Bonchev–Trinajstić information content (AvgIpc) is 3.02. The van der Waals surface area contributed by atoms with E-state index < -0.39 is 0 Å². The van der Waals surface area contributed by atoms with E-state index in [-0.39, 0.29) is 22.8 Å². The Morgan fingerprint density at radius 1 is 1.19 bits per heavy atom. The lowest BCUT2D eigenvalue weighted by atomic mass is 9.48. The van der Waals surface area contributed by atoms with Gasteiger partial charge in [0.1, 0.15) is 5.75 Å². The number of aliphatic hydroxyl groups is 1. The third-order valence-corrected chi connectivity index (χ3v) is 9.88. The van der Waals surface area contributed by atoms with Crippen molar-refractivity contribution in [1.29, 1.82) is 0 Å². The van der Waals surface area contributed by atoms with Gasteiger partial charge in [0.2, 0.25) is 5.91 Å². The summed E-state index contributed by atoms with van der Waals surface area (Å²) >= 11 is 0. The fourth-order valence-corrected chi connectivity index (χ4v) is 8.19. The minimum absolute atomic E-state index is 0.00794. The maximum Gasteiger partial charge on any atom is 0.246 e. The summed E-state index contributed by atoms with van der Waals surface area (Å²) in [7, 11) is 3.69. The van der Waals surface area contributed by atoms with Crippen LogP contribution < -0.4 is 4.74 Å². The van der Waals surface area contributed by atoms with Crippen LogP contribution in [0.15, 0.2) is 36.4 Å². The van der Waals surface area contributed by atoms with Gasteiger partial charge >= 0.3 is 0 Å². The third-order valence-electron chi connectivity index (χ3n) is 9.88. The molecule has 3 aliphatic carbocycles. The van der Waals surface area contributed by atoms with Crippen LogP contribution in [-0.2, 0) is 11.2 Å². The molecule has 0 saturated heterocycles. The van der Waals surface area contributed by atoms with Crippen LogP contribution in [0.25, 0.3) is 0 Å². The second-order valence-corrected chi connectivity index (χ2v) is 11.2. The predicted octanol–water partition coefficient (Wildman–Crippen LogP) is 4.46. The maximum absolute atomic E-state index is 12.3.